The lowest BCUT2D eigenvalue weighted by atomic mass is 10.0. The number of hydrogen-bond donors (Lipinski definition) is 1. The Balaban J connectivity index is 2.12. The van der Waals surface area contributed by atoms with Gasteiger partial charge in [0.1, 0.15) is 23.1 Å². The summed E-state index contributed by atoms with van der Waals surface area (Å²) in [4.78, 5) is 35.8. The summed E-state index contributed by atoms with van der Waals surface area (Å²) in [7, 11) is 2.68. The molecule has 0 aliphatic carbocycles. The highest BCUT2D eigenvalue weighted by molar-refractivity contribution is 5.91. The monoisotopic (exact) mass is 498 g/mol. The molecule has 1 aromatic heterocycles. The standard InChI is InChI=1S/C24H26N4O8/c1-24(2,3)36-23(31)19-20(27(26-25-19)13-14-6-9-16(34-4)10-7-14)21(29)17-11-8-15(22(30)35-5)12-18(17)28(32)33/h6-12,21,29H,13H2,1-5H3. The Kier molecular flexibility index (Phi) is 7.68. The summed E-state index contributed by atoms with van der Waals surface area (Å²) in [5.74, 6) is -1.00. The Labute approximate surface area is 206 Å². The molecule has 3 rings (SSSR count). The fourth-order valence-electron chi connectivity index (χ4n) is 3.41. The molecule has 0 aliphatic heterocycles. The molecule has 1 atom stereocenters. The number of methoxy groups -OCH3 is 2. The highest BCUT2D eigenvalue weighted by Gasteiger charge is 2.33. The molecule has 12 nitrogen and oxygen atoms in total. The average molecular weight is 498 g/mol. The summed E-state index contributed by atoms with van der Waals surface area (Å²) in [6.45, 7) is 5.08. The fourth-order valence-corrected chi connectivity index (χ4v) is 3.41. The van der Waals surface area contributed by atoms with E-state index in [2.05, 4.69) is 15.0 Å². The smallest absolute Gasteiger partial charge is 0.361 e. The van der Waals surface area contributed by atoms with Crippen LogP contribution in [0.2, 0.25) is 0 Å². The molecule has 1 heterocycles. The van der Waals surface area contributed by atoms with E-state index >= 15 is 0 Å². The Morgan fingerprint density at radius 3 is 2.33 bits per heavy atom. The Morgan fingerprint density at radius 1 is 1.11 bits per heavy atom. The molecule has 0 saturated heterocycles. The number of hydrogen-bond acceptors (Lipinski definition) is 10. The maximum atomic E-state index is 12.9. The minimum Gasteiger partial charge on any atom is -0.497 e. The number of benzene rings is 2. The van der Waals surface area contributed by atoms with Gasteiger partial charge in [-0.3, -0.25) is 10.1 Å². The van der Waals surface area contributed by atoms with Crippen molar-refractivity contribution in [3.8, 4) is 5.75 Å². The zero-order valence-electron chi connectivity index (χ0n) is 20.4. The second kappa shape index (κ2) is 10.5. The lowest BCUT2D eigenvalue weighted by Crippen LogP contribution is -2.25. The molecule has 0 bridgehead atoms. The van der Waals surface area contributed by atoms with Crippen LogP contribution in [-0.4, -0.2) is 56.8 Å². The third-order valence-corrected chi connectivity index (χ3v) is 5.06. The minimum atomic E-state index is -1.70. The maximum Gasteiger partial charge on any atom is 0.361 e. The number of ether oxygens (including phenoxy) is 3. The number of aromatic nitrogens is 3. The molecule has 36 heavy (non-hydrogen) atoms. The predicted molar refractivity (Wildman–Crippen MR) is 126 cm³/mol. The van der Waals surface area contributed by atoms with E-state index < -0.39 is 34.3 Å². The fraction of sp³-hybridized carbons (Fsp3) is 0.333. The SMILES string of the molecule is COC(=O)c1ccc(C(O)c2c(C(=O)OC(C)(C)C)nnn2Cc2ccc(OC)cc2)c([N+](=O)[O-])c1. The van der Waals surface area contributed by atoms with Crippen LogP contribution in [0.15, 0.2) is 42.5 Å². The molecule has 0 fully saturated rings. The Morgan fingerprint density at radius 2 is 1.78 bits per heavy atom. The number of esters is 2. The van der Waals surface area contributed by atoms with Crippen molar-refractivity contribution < 1.29 is 33.8 Å². The van der Waals surface area contributed by atoms with Crippen LogP contribution in [0.4, 0.5) is 5.69 Å². The van der Waals surface area contributed by atoms with Gasteiger partial charge in [-0.25, -0.2) is 14.3 Å². The predicted octanol–water partition coefficient (Wildman–Crippen LogP) is 3.07. The molecular weight excluding hydrogens is 472 g/mol. The highest BCUT2D eigenvalue weighted by atomic mass is 16.6. The van der Waals surface area contributed by atoms with Gasteiger partial charge in [0.15, 0.2) is 5.69 Å². The van der Waals surface area contributed by atoms with Gasteiger partial charge in [0.25, 0.3) is 5.69 Å². The van der Waals surface area contributed by atoms with Crippen molar-refractivity contribution in [2.75, 3.05) is 14.2 Å². The van der Waals surface area contributed by atoms with E-state index in [4.69, 9.17) is 9.47 Å². The van der Waals surface area contributed by atoms with Gasteiger partial charge in [-0.2, -0.15) is 0 Å². The molecule has 0 aliphatic rings. The molecule has 2 aromatic carbocycles. The van der Waals surface area contributed by atoms with Crippen molar-refractivity contribution in [3.05, 3.63) is 80.7 Å². The van der Waals surface area contributed by atoms with Crippen LogP contribution >= 0.6 is 0 Å². The molecule has 0 saturated carbocycles. The van der Waals surface area contributed by atoms with Gasteiger partial charge in [-0.05, 0) is 50.6 Å². The Bertz CT molecular complexity index is 1280. The number of nitro groups is 1. The summed E-state index contributed by atoms with van der Waals surface area (Å²) in [6.07, 6.45) is -1.70. The number of nitrogens with zero attached hydrogens (tertiary/aromatic N) is 4. The maximum absolute atomic E-state index is 12.9. The van der Waals surface area contributed by atoms with Gasteiger partial charge in [-0.1, -0.05) is 17.3 Å². The molecule has 12 heteroatoms. The van der Waals surface area contributed by atoms with Crippen LogP contribution in [0, 0.1) is 10.1 Å². The van der Waals surface area contributed by atoms with Crippen molar-refractivity contribution in [1.82, 2.24) is 15.0 Å². The van der Waals surface area contributed by atoms with Crippen LogP contribution in [0.25, 0.3) is 0 Å². The lowest BCUT2D eigenvalue weighted by molar-refractivity contribution is -0.386. The van der Waals surface area contributed by atoms with E-state index in [0.717, 1.165) is 18.7 Å². The largest absolute Gasteiger partial charge is 0.497 e. The van der Waals surface area contributed by atoms with Crippen molar-refractivity contribution >= 4 is 17.6 Å². The summed E-state index contributed by atoms with van der Waals surface area (Å²) < 4.78 is 16.5. The zero-order valence-corrected chi connectivity index (χ0v) is 20.4. The molecule has 0 spiro atoms. The van der Waals surface area contributed by atoms with Crippen molar-refractivity contribution in [2.24, 2.45) is 0 Å². The number of nitro benzene ring substituents is 1. The van der Waals surface area contributed by atoms with Crippen molar-refractivity contribution in [3.63, 3.8) is 0 Å². The quantitative estimate of drug-likeness (QED) is 0.278. The zero-order chi connectivity index (χ0) is 26.6. The first-order valence-corrected chi connectivity index (χ1v) is 10.8. The van der Waals surface area contributed by atoms with Crippen LogP contribution in [0.3, 0.4) is 0 Å². The normalized spacial score (nSPS) is 12.1. The number of aliphatic hydroxyl groups is 1. The number of carbonyl (C=O) groups excluding carboxylic acids is 2. The van der Waals surface area contributed by atoms with Gasteiger partial charge in [0.05, 0.1) is 36.8 Å². The average Bonchev–Trinajstić information content (AvgIpc) is 3.25. The minimum absolute atomic E-state index is 0.0719. The lowest BCUT2D eigenvalue weighted by Gasteiger charge is -2.20. The van der Waals surface area contributed by atoms with Crippen LogP contribution < -0.4 is 4.74 Å². The van der Waals surface area contributed by atoms with Gasteiger partial charge in [-0.15, -0.1) is 5.10 Å². The molecule has 1 unspecified atom stereocenters. The van der Waals surface area contributed by atoms with Crippen LogP contribution in [0.1, 0.15) is 64.5 Å². The number of rotatable bonds is 8. The van der Waals surface area contributed by atoms with Gasteiger partial charge < -0.3 is 19.3 Å². The van der Waals surface area contributed by atoms with E-state index in [1.54, 1.807) is 45.0 Å². The first-order valence-electron chi connectivity index (χ1n) is 10.8. The molecule has 0 amide bonds. The van der Waals surface area contributed by atoms with E-state index in [0.29, 0.717) is 5.75 Å². The van der Waals surface area contributed by atoms with Crippen LogP contribution in [-0.2, 0) is 16.0 Å². The molecule has 190 valence electrons. The summed E-state index contributed by atoms with van der Waals surface area (Å²) in [6, 6.07) is 10.5. The number of aliphatic hydroxyl groups excluding tert-OH is 1. The van der Waals surface area contributed by atoms with Gasteiger partial charge >= 0.3 is 11.9 Å². The first kappa shape index (κ1) is 26.3. The molecular formula is C24H26N4O8. The van der Waals surface area contributed by atoms with Crippen molar-refractivity contribution in [2.45, 2.75) is 39.0 Å². The second-order valence-electron chi connectivity index (χ2n) is 8.76. The molecule has 3 aromatic rings. The van der Waals surface area contributed by atoms with E-state index in [-0.39, 0.29) is 29.1 Å². The van der Waals surface area contributed by atoms with E-state index in [1.165, 1.54) is 23.9 Å². The third kappa shape index (κ3) is 5.84. The topological polar surface area (TPSA) is 156 Å². The molecule has 0 radical (unpaired) electrons. The summed E-state index contributed by atoms with van der Waals surface area (Å²) in [5, 5.41) is 31.1. The first-order chi connectivity index (χ1) is 16.9. The second-order valence-corrected chi connectivity index (χ2v) is 8.76. The third-order valence-electron chi connectivity index (χ3n) is 5.06. The van der Waals surface area contributed by atoms with E-state index in [9.17, 15) is 24.8 Å². The van der Waals surface area contributed by atoms with E-state index in [1.807, 2.05) is 0 Å². The Hall–Kier alpha value is -4.32. The summed E-state index contributed by atoms with van der Waals surface area (Å²) in [5.41, 5.74) is -1.31. The summed E-state index contributed by atoms with van der Waals surface area (Å²) >= 11 is 0. The van der Waals surface area contributed by atoms with Crippen LogP contribution in [0.5, 0.6) is 5.75 Å². The molecule has 1 N–H and O–H groups in total. The van der Waals surface area contributed by atoms with Crippen molar-refractivity contribution in [1.29, 1.82) is 0 Å². The highest BCUT2D eigenvalue weighted by Crippen LogP contribution is 2.33. The van der Waals surface area contributed by atoms with Gasteiger partial charge in [0, 0.05) is 6.07 Å². The van der Waals surface area contributed by atoms with Gasteiger partial charge in [0.2, 0.25) is 0 Å². The number of carbonyl (C=O) groups is 2.